The molecule has 12 aromatic carbocycles. The van der Waals surface area contributed by atoms with Crippen molar-refractivity contribution >= 4 is 55.7 Å². The van der Waals surface area contributed by atoms with Gasteiger partial charge >= 0.3 is 0 Å². The molecule has 0 spiro atoms. The van der Waals surface area contributed by atoms with Crippen molar-refractivity contribution in [2.24, 2.45) is 0 Å². The number of fused-ring (bicyclic) bond motifs is 6. The lowest BCUT2D eigenvalue weighted by molar-refractivity contribution is 0.589. The quantitative estimate of drug-likeness (QED) is 0.135. The summed E-state index contributed by atoms with van der Waals surface area (Å²) in [5.41, 5.74) is 29.2. The van der Waals surface area contributed by atoms with Gasteiger partial charge in [-0.15, -0.1) is 0 Å². The van der Waals surface area contributed by atoms with Gasteiger partial charge in [0.15, 0.2) is 0 Å². The zero-order valence-corrected chi connectivity index (χ0v) is 54.0. The number of hydrogen-bond donors (Lipinski definition) is 0. The Hall–Kier alpha value is -9.24. The normalized spacial score (nSPS) is 12.4. The van der Waals surface area contributed by atoms with E-state index >= 15 is 0 Å². The van der Waals surface area contributed by atoms with Gasteiger partial charge in [0.1, 0.15) is 0 Å². The molecule has 0 bridgehead atoms. The van der Waals surface area contributed by atoms with Crippen molar-refractivity contribution in [1.29, 1.82) is 0 Å². The highest BCUT2D eigenvalue weighted by molar-refractivity contribution is 6.33. The zero-order chi connectivity index (χ0) is 61.6. The fraction of sp³-hybridized carbons (Fsp3) is 0.209. The SMILES string of the molecule is Cc1ccc(C(C)(C)C)cc1N(c1cccc(C(C)(C)C)c1)c1ccc2c(-c3ccccc3)c3c(c(-c4ccccc4)c2c1)-c1c-3c(-c2ccccc2)c2ccc(N(c3cccc(C(C)(C)C)c3)c3cc(C(C)(C)C)ccc3C)cc2c1-c1ccccc1. The molecule has 1 aliphatic carbocycles. The Bertz CT molecular complexity index is 4340. The Morgan fingerprint density at radius 3 is 0.784 bits per heavy atom. The second-order valence-electron chi connectivity index (χ2n) is 28.7. The lowest BCUT2D eigenvalue weighted by atomic mass is 9.65. The van der Waals surface area contributed by atoms with Gasteiger partial charge in [-0.25, -0.2) is 0 Å². The predicted octanol–water partition coefficient (Wildman–Crippen LogP) is 25.1. The van der Waals surface area contributed by atoms with Gasteiger partial charge in [-0.2, -0.15) is 0 Å². The van der Waals surface area contributed by atoms with Crippen LogP contribution < -0.4 is 9.80 Å². The first-order valence-corrected chi connectivity index (χ1v) is 31.6. The number of hydrogen-bond acceptors (Lipinski definition) is 2. The highest BCUT2D eigenvalue weighted by Crippen LogP contribution is 2.66. The largest absolute Gasteiger partial charge is 0.310 e. The van der Waals surface area contributed by atoms with Crippen molar-refractivity contribution in [3.05, 3.63) is 276 Å². The highest BCUT2D eigenvalue weighted by atomic mass is 15.2. The molecule has 1 aliphatic rings. The van der Waals surface area contributed by atoms with Crippen LogP contribution in [-0.4, -0.2) is 0 Å². The van der Waals surface area contributed by atoms with E-state index in [4.69, 9.17) is 0 Å². The number of benzene rings is 12. The van der Waals surface area contributed by atoms with Crippen molar-refractivity contribution in [2.45, 2.75) is 119 Å². The topological polar surface area (TPSA) is 6.48 Å². The lowest BCUT2D eigenvalue weighted by Crippen LogP contribution is -2.17. The van der Waals surface area contributed by atoms with E-state index in [0.29, 0.717) is 0 Å². The van der Waals surface area contributed by atoms with E-state index in [1.165, 1.54) is 133 Å². The molecule has 2 heteroatoms. The molecule has 88 heavy (non-hydrogen) atoms. The minimum Gasteiger partial charge on any atom is -0.310 e. The van der Waals surface area contributed by atoms with Gasteiger partial charge in [-0.05, 0) is 218 Å². The molecule has 0 fully saturated rings. The number of aryl methyl sites for hydroxylation is 2. The Labute approximate surface area is 523 Å². The Balaban J connectivity index is 1.19. The minimum absolute atomic E-state index is 0.0555. The molecule has 0 saturated heterocycles. The molecule has 2 nitrogen and oxygen atoms in total. The van der Waals surface area contributed by atoms with Gasteiger partial charge in [-0.3, -0.25) is 0 Å². The Morgan fingerprint density at radius 1 is 0.216 bits per heavy atom. The standard InChI is InChI=1S/C86H82N2/c1-55-41-43-63(85(9,10)11)51-73(55)87(65-39-27-37-61(49-65)83(3,4)5)67-45-47-69-71(53-67)77(59-33-23-17-24-34-59)81-79(75(69)57-29-19-15-20-30-57)80-76(58-31-21-16-22-32-58)70-48-46-68(54-72(70)78(82(80)81)60-35-25-18-26-36-60)88(66-40-28-38-62(50-66)84(6,7)8)74-52-64(86(12,13)14)44-42-56(74)2/h15-54H,1-14H3. The first-order chi connectivity index (χ1) is 42.0. The minimum atomic E-state index is -0.0581. The van der Waals surface area contributed by atoms with Crippen LogP contribution in [0.3, 0.4) is 0 Å². The predicted molar refractivity (Wildman–Crippen MR) is 381 cm³/mol. The molecule has 0 radical (unpaired) electrons. The second-order valence-corrected chi connectivity index (χ2v) is 28.7. The molecule has 0 aromatic heterocycles. The summed E-state index contributed by atoms with van der Waals surface area (Å²) in [6, 6.07) is 92.2. The van der Waals surface area contributed by atoms with Crippen LogP contribution in [0.4, 0.5) is 34.1 Å². The molecule has 0 saturated carbocycles. The Kier molecular flexibility index (Phi) is 14.4. The van der Waals surface area contributed by atoms with Crippen LogP contribution in [-0.2, 0) is 21.7 Å². The summed E-state index contributed by atoms with van der Waals surface area (Å²) in [6.45, 7) is 32.3. The van der Waals surface area contributed by atoms with Crippen LogP contribution in [0, 0.1) is 13.8 Å². The molecule has 0 atom stereocenters. The van der Waals surface area contributed by atoms with E-state index in [1.54, 1.807) is 0 Å². The third-order valence-electron chi connectivity index (χ3n) is 18.4. The van der Waals surface area contributed by atoms with Gasteiger partial charge in [0, 0.05) is 34.1 Å². The monoisotopic (exact) mass is 1140 g/mol. The van der Waals surface area contributed by atoms with Crippen molar-refractivity contribution in [2.75, 3.05) is 9.80 Å². The van der Waals surface area contributed by atoms with Gasteiger partial charge in [0.25, 0.3) is 0 Å². The maximum absolute atomic E-state index is 2.53. The van der Waals surface area contributed by atoms with E-state index in [-0.39, 0.29) is 21.7 Å². The number of rotatable bonds is 10. The first-order valence-electron chi connectivity index (χ1n) is 31.6. The van der Waals surface area contributed by atoms with Gasteiger partial charge in [0.05, 0.1) is 0 Å². The molecule has 0 unspecified atom stereocenters. The molecule has 436 valence electrons. The summed E-state index contributed by atoms with van der Waals surface area (Å²) in [6.07, 6.45) is 0. The fourth-order valence-corrected chi connectivity index (χ4v) is 13.5. The van der Waals surface area contributed by atoms with E-state index in [9.17, 15) is 0 Å². The second kappa shape index (κ2) is 21.9. The summed E-state index contributed by atoms with van der Waals surface area (Å²) in [5.74, 6) is 0. The zero-order valence-electron chi connectivity index (χ0n) is 54.0. The highest BCUT2D eigenvalue weighted by Gasteiger charge is 2.39. The van der Waals surface area contributed by atoms with E-state index in [0.717, 1.165) is 22.7 Å². The van der Waals surface area contributed by atoms with E-state index in [1.807, 2.05) is 0 Å². The molecular weight excluding hydrogens is 1060 g/mol. The summed E-state index contributed by atoms with van der Waals surface area (Å²) >= 11 is 0. The summed E-state index contributed by atoms with van der Waals surface area (Å²) < 4.78 is 0. The van der Waals surface area contributed by atoms with Crippen LogP contribution in [0.5, 0.6) is 0 Å². The molecule has 0 aliphatic heterocycles. The molecule has 0 N–H and O–H groups in total. The maximum Gasteiger partial charge on any atom is 0.0493 e. The summed E-state index contributed by atoms with van der Waals surface area (Å²) in [5, 5.41) is 4.86. The summed E-state index contributed by atoms with van der Waals surface area (Å²) in [7, 11) is 0. The van der Waals surface area contributed by atoms with Crippen LogP contribution >= 0.6 is 0 Å². The molecular formula is C86H82N2. The van der Waals surface area contributed by atoms with Crippen LogP contribution in [0.2, 0.25) is 0 Å². The van der Waals surface area contributed by atoms with Crippen LogP contribution in [0.25, 0.3) is 88.3 Å². The molecule has 0 heterocycles. The van der Waals surface area contributed by atoms with E-state index in [2.05, 4.69) is 349 Å². The van der Waals surface area contributed by atoms with Crippen LogP contribution in [0.15, 0.2) is 243 Å². The van der Waals surface area contributed by atoms with E-state index < -0.39 is 0 Å². The molecule has 13 rings (SSSR count). The number of nitrogens with zero attached hydrogens (tertiary/aromatic N) is 2. The Morgan fingerprint density at radius 2 is 0.489 bits per heavy atom. The van der Waals surface area contributed by atoms with Crippen molar-refractivity contribution in [3.63, 3.8) is 0 Å². The van der Waals surface area contributed by atoms with Gasteiger partial charge in [-0.1, -0.05) is 265 Å². The van der Waals surface area contributed by atoms with Gasteiger partial charge in [0.2, 0.25) is 0 Å². The molecule has 0 amide bonds. The van der Waals surface area contributed by atoms with Crippen molar-refractivity contribution in [3.8, 4) is 66.8 Å². The van der Waals surface area contributed by atoms with Gasteiger partial charge < -0.3 is 9.80 Å². The maximum atomic E-state index is 2.53. The fourth-order valence-electron chi connectivity index (χ4n) is 13.5. The summed E-state index contributed by atoms with van der Waals surface area (Å²) in [4.78, 5) is 5.06. The smallest absolute Gasteiger partial charge is 0.0493 e. The van der Waals surface area contributed by atoms with Crippen molar-refractivity contribution in [1.82, 2.24) is 0 Å². The molecule has 12 aromatic rings. The third-order valence-corrected chi connectivity index (χ3v) is 18.4. The average Bonchev–Trinajstić information content (AvgIpc) is 0.672. The first kappa shape index (κ1) is 57.8. The van der Waals surface area contributed by atoms with Crippen LogP contribution in [0.1, 0.15) is 116 Å². The average molecular weight is 1140 g/mol. The third kappa shape index (κ3) is 10.3. The number of anilines is 6. The van der Waals surface area contributed by atoms with Crippen molar-refractivity contribution < 1.29 is 0 Å². The lowest BCUT2D eigenvalue weighted by Gasteiger charge is -2.38.